The van der Waals surface area contributed by atoms with Crippen molar-refractivity contribution >= 4 is 43.7 Å². The predicted molar refractivity (Wildman–Crippen MR) is 163 cm³/mol. The molecule has 2 N–H and O–H groups in total. The number of hydrogen-bond acceptors (Lipinski definition) is 5. The van der Waals surface area contributed by atoms with Gasteiger partial charge in [-0.05, 0) is 72.9 Å². The highest BCUT2D eigenvalue weighted by Gasteiger charge is 2.44. The summed E-state index contributed by atoms with van der Waals surface area (Å²) in [6.07, 6.45) is -2.41. The van der Waals surface area contributed by atoms with Gasteiger partial charge in [0, 0.05) is 32.2 Å². The number of carbonyl (C=O) groups excluding carboxylic acids is 2. The number of amides is 1. The summed E-state index contributed by atoms with van der Waals surface area (Å²) >= 11 is 6.83. The molecule has 6 aliphatic rings. The molecule has 2 saturated carbocycles. The van der Waals surface area contributed by atoms with Crippen LogP contribution in [0.2, 0.25) is 0 Å². The van der Waals surface area contributed by atoms with Crippen LogP contribution in [0.1, 0.15) is 106 Å². The maximum absolute atomic E-state index is 13.6. The molecule has 2 aromatic heterocycles. The molecule has 10 rings (SSSR count). The van der Waals surface area contributed by atoms with Crippen LogP contribution in [0.3, 0.4) is 0 Å². The Kier molecular flexibility index (Phi) is 7.42. The van der Waals surface area contributed by atoms with Crippen molar-refractivity contribution in [3.8, 4) is 22.8 Å². The zero-order chi connectivity index (χ0) is 31.9. The number of ether oxygens (including phenoxy) is 1. The Morgan fingerprint density at radius 1 is 0.800 bits per heavy atom. The first-order chi connectivity index (χ1) is 21.5. The lowest BCUT2D eigenvalue weighted by Crippen LogP contribution is -2.25. The Labute approximate surface area is 271 Å². The van der Waals surface area contributed by atoms with Crippen molar-refractivity contribution in [2.45, 2.75) is 62.5 Å². The molecule has 2 aliphatic carbocycles. The Balaban J connectivity index is 0.000000145. The van der Waals surface area contributed by atoms with Gasteiger partial charge in [0.05, 0.1) is 7.11 Å². The summed E-state index contributed by atoms with van der Waals surface area (Å²) in [4.78, 5) is 31.9. The van der Waals surface area contributed by atoms with E-state index in [0.29, 0.717) is 23.5 Å². The number of esters is 1. The minimum atomic E-state index is -2.78. The average Bonchev–Trinajstić information content (AvgIpc) is 3.40. The molecule has 234 valence electrons. The van der Waals surface area contributed by atoms with Crippen molar-refractivity contribution in [3.63, 3.8) is 0 Å². The fourth-order valence-corrected chi connectivity index (χ4v) is 7.84. The Bertz CT molecular complexity index is 1880. The quantitative estimate of drug-likeness (QED) is 0.167. The normalized spacial score (nSPS) is 21.5. The Morgan fingerprint density at radius 2 is 1.22 bits per heavy atom. The lowest BCUT2D eigenvalue weighted by atomic mass is 9.75. The first kappa shape index (κ1) is 30.2. The topological polar surface area (TPSA) is 105 Å². The standard InChI is InChI=1S/C16H13BrF2N2O2.C15H12BrF2N3O/c1-23-16(22)12-13(14(18)19)21-9-4-7(5-9)10-3-2-8(17)6-11(10)15(21)20-12;16-7-1-2-9-6-3-8(4-6)21-12(13(17)18)11(14(19)22)20-15(21)10(9)5-7/h2-3,6-7,9,14H,4-5H2,1H3;1-2,5-6,8,13H,3-4H2,(H2,19,22). The molecule has 4 aromatic rings. The number of rotatable bonds is 4. The molecule has 2 aromatic carbocycles. The van der Waals surface area contributed by atoms with E-state index in [1.807, 2.05) is 36.4 Å². The van der Waals surface area contributed by atoms with Crippen molar-refractivity contribution in [3.05, 3.63) is 79.2 Å². The minimum Gasteiger partial charge on any atom is -0.464 e. The smallest absolute Gasteiger partial charge is 0.358 e. The van der Waals surface area contributed by atoms with E-state index in [0.717, 1.165) is 56.9 Å². The first-order valence-electron chi connectivity index (χ1n) is 14.3. The third-order valence-corrected chi connectivity index (χ3v) is 10.3. The molecule has 1 amide bonds. The van der Waals surface area contributed by atoms with E-state index in [4.69, 9.17) is 5.73 Å². The Hall–Kier alpha value is -3.52. The highest BCUT2D eigenvalue weighted by Crippen LogP contribution is 2.55. The van der Waals surface area contributed by atoms with Crippen LogP contribution in [-0.4, -0.2) is 38.1 Å². The summed E-state index contributed by atoms with van der Waals surface area (Å²) in [5, 5.41) is 0. The van der Waals surface area contributed by atoms with Gasteiger partial charge < -0.3 is 19.6 Å². The third-order valence-electron chi connectivity index (χ3n) is 9.27. The zero-order valence-corrected chi connectivity index (χ0v) is 26.8. The van der Waals surface area contributed by atoms with E-state index in [1.165, 1.54) is 11.7 Å². The number of carbonyl (C=O) groups is 2. The van der Waals surface area contributed by atoms with Gasteiger partial charge in [0.15, 0.2) is 11.4 Å². The van der Waals surface area contributed by atoms with Gasteiger partial charge in [0.25, 0.3) is 18.8 Å². The van der Waals surface area contributed by atoms with Gasteiger partial charge in [-0.15, -0.1) is 0 Å². The van der Waals surface area contributed by atoms with Crippen LogP contribution in [-0.2, 0) is 4.74 Å². The van der Waals surface area contributed by atoms with Gasteiger partial charge in [-0.25, -0.2) is 32.3 Å². The number of imidazole rings is 2. The molecule has 0 unspecified atom stereocenters. The highest BCUT2D eigenvalue weighted by molar-refractivity contribution is 9.10. The minimum absolute atomic E-state index is 0.0453. The van der Waals surface area contributed by atoms with Crippen molar-refractivity contribution in [2.75, 3.05) is 7.11 Å². The van der Waals surface area contributed by atoms with Crippen molar-refractivity contribution < 1.29 is 31.9 Å². The maximum Gasteiger partial charge on any atom is 0.358 e. The molecule has 0 radical (unpaired) electrons. The lowest BCUT2D eigenvalue weighted by Gasteiger charge is -2.35. The number of hydrogen-bond donors (Lipinski definition) is 1. The molecular formula is C31H25Br2F4N5O3. The number of benzene rings is 2. The van der Waals surface area contributed by atoms with Crippen LogP contribution in [0.25, 0.3) is 22.8 Å². The maximum atomic E-state index is 13.6. The summed E-state index contributed by atoms with van der Waals surface area (Å²) in [7, 11) is 1.17. The van der Waals surface area contributed by atoms with Gasteiger partial charge in [-0.2, -0.15) is 0 Å². The van der Waals surface area contributed by atoms with Crippen molar-refractivity contribution in [1.82, 2.24) is 19.1 Å². The van der Waals surface area contributed by atoms with Crippen LogP contribution in [0.5, 0.6) is 0 Å². The van der Waals surface area contributed by atoms with E-state index >= 15 is 0 Å². The van der Waals surface area contributed by atoms with Crippen LogP contribution < -0.4 is 5.73 Å². The van der Waals surface area contributed by atoms with E-state index < -0.39 is 24.7 Å². The largest absolute Gasteiger partial charge is 0.464 e. The molecule has 6 heterocycles. The zero-order valence-electron chi connectivity index (χ0n) is 23.6. The summed E-state index contributed by atoms with van der Waals surface area (Å²) in [5.41, 5.74) is 7.78. The van der Waals surface area contributed by atoms with E-state index in [9.17, 15) is 27.2 Å². The van der Waals surface area contributed by atoms with E-state index in [1.54, 1.807) is 4.57 Å². The summed E-state index contributed by atoms with van der Waals surface area (Å²) < 4.78 is 63.7. The second kappa shape index (κ2) is 11.1. The molecular weight excluding hydrogens is 726 g/mol. The highest BCUT2D eigenvalue weighted by atomic mass is 79.9. The summed E-state index contributed by atoms with van der Waals surface area (Å²) in [6, 6.07) is 11.5. The molecule has 0 atom stereocenters. The number of nitrogens with two attached hydrogens (primary N) is 1. The number of methoxy groups -OCH3 is 1. The fraction of sp³-hybridized carbons (Fsp3) is 0.355. The van der Waals surface area contributed by atoms with E-state index in [2.05, 4.69) is 46.6 Å². The van der Waals surface area contributed by atoms with Gasteiger partial charge in [-0.3, -0.25) is 4.79 Å². The van der Waals surface area contributed by atoms with Gasteiger partial charge in [-0.1, -0.05) is 44.0 Å². The van der Waals surface area contributed by atoms with Crippen LogP contribution in [0.15, 0.2) is 45.3 Å². The van der Waals surface area contributed by atoms with Gasteiger partial charge >= 0.3 is 5.97 Å². The van der Waals surface area contributed by atoms with Crippen molar-refractivity contribution in [2.24, 2.45) is 5.73 Å². The van der Waals surface area contributed by atoms with Crippen LogP contribution >= 0.6 is 31.9 Å². The fourth-order valence-electron chi connectivity index (χ4n) is 7.12. The average molecular weight is 751 g/mol. The van der Waals surface area contributed by atoms with Crippen molar-refractivity contribution in [1.29, 1.82) is 0 Å². The molecule has 14 heteroatoms. The lowest BCUT2D eigenvalue weighted by molar-refractivity contribution is 0.0578. The van der Waals surface area contributed by atoms with Crippen LogP contribution in [0.4, 0.5) is 17.6 Å². The third kappa shape index (κ3) is 4.74. The van der Waals surface area contributed by atoms with Gasteiger partial charge in [0.2, 0.25) is 0 Å². The second-order valence-electron chi connectivity index (χ2n) is 11.6. The molecule has 4 aliphatic heterocycles. The predicted octanol–water partition coefficient (Wildman–Crippen LogP) is 8.25. The van der Waals surface area contributed by atoms with Gasteiger partial charge in [0.1, 0.15) is 23.0 Å². The molecule has 0 saturated heterocycles. The molecule has 2 fully saturated rings. The monoisotopic (exact) mass is 749 g/mol. The number of primary amides is 1. The molecule has 45 heavy (non-hydrogen) atoms. The number of halogens is 6. The SMILES string of the molecule is COC(=O)c1nc2n(c1C(F)F)C1CC(C1)c1ccc(Br)cc1-2.NC(=O)c1nc2n(c1C(F)F)C1CC(C1)c1ccc(Br)cc1-2. The molecule has 8 nitrogen and oxygen atoms in total. The second-order valence-corrected chi connectivity index (χ2v) is 13.5. The summed E-state index contributed by atoms with van der Waals surface area (Å²) in [6.45, 7) is 0. The number of nitrogens with zero attached hydrogens (tertiary/aromatic N) is 4. The number of alkyl halides is 4. The molecule has 4 bridgehead atoms. The summed E-state index contributed by atoms with van der Waals surface area (Å²) in [5.74, 6) is -0.168. The molecule has 0 spiro atoms. The Morgan fingerprint density at radius 3 is 1.62 bits per heavy atom. The number of aromatic nitrogens is 4. The van der Waals surface area contributed by atoms with Crippen LogP contribution in [0, 0.1) is 0 Å². The first-order valence-corrected chi connectivity index (χ1v) is 15.8. The van der Waals surface area contributed by atoms with E-state index in [-0.39, 0.29) is 34.9 Å².